The average molecular weight is 424 g/mol. The molecule has 0 aliphatic carbocycles. The first kappa shape index (κ1) is 20.2. The fraction of sp³-hybridized carbons (Fsp3) is 0.261. The van der Waals surface area contributed by atoms with Gasteiger partial charge in [0.25, 0.3) is 0 Å². The molecule has 154 valence electrons. The van der Waals surface area contributed by atoms with E-state index >= 15 is 0 Å². The van der Waals surface area contributed by atoms with Crippen LogP contribution < -0.4 is 9.47 Å². The number of hydrogen-bond donors (Lipinski definition) is 0. The van der Waals surface area contributed by atoms with Crippen molar-refractivity contribution in [2.45, 2.75) is 25.8 Å². The van der Waals surface area contributed by atoms with Crippen molar-refractivity contribution in [1.29, 1.82) is 0 Å². The fourth-order valence-corrected chi connectivity index (χ4v) is 3.89. The molecule has 4 rings (SSSR count). The quantitative estimate of drug-likeness (QED) is 0.542. The number of hydrogen-bond acceptors (Lipinski definition) is 5. The van der Waals surface area contributed by atoms with Gasteiger partial charge in [-0.15, -0.1) is 0 Å². The Morgan fingerprint density at radius 2 is 1.90 bits per heavy atom. The van der Waals surface area contributed by atoms with E-state index in [1.54, 1.807) is 14.2 Å². The molecule has 7 heteroatoms. The molecule has 0 saturated heterocycles. The van der Waals surface area contributed by atoms with Gasteiger partial charge in [0.15, 0.2) is 0 Å². The molecule has 0 radical (unpaired) electrons. The second-order valence-electron chi connectivity index (χ2n) is 7.02. The first-order valence-electron chi connectivity index (χ1n) is 9.72. The number of methoxy groups -OCH3 is 2. The van der Waals surface area contributed by atoms with Crippen molar-refractivity contribution in [3.05, 3.63) is 64.8 Å². The van der Waals surface area contributed by atoms with E-state index in [2.05, 4.69) is 10.1 Å². The van der Waals surface area contributed by atoms with Crippen LogP contribution in [0.25, 0.3) is 10.9 Å². The van der Waals surface area contributed by atoms with Crippen molar-refractivity contribution < 1.29 is 14.3 Å². The molecule has 1 atom stereocenters. The van der Waals surface area contributed by atoms with E-state index in [0.29, 0.717) is 23.7 Å². The van der Waals surface area contributed by atoms with E-state index in [-0.39, 0.29) is 11.9 Å². The highest BCUT2D eigenvalue weighted by Crippen LogP contribution is 2.38. The zero-order chi connectivity index (χ0) is 21.3. The van der Waals surface area contributed by atoms with E-state index in [1.165, 1.54) is 5.01 Å². The zero-order valence-corrected chi connectivity index (χ0v) is 17.8. The molecular formula is C23H22ClN3O3. The molecule has 1 amide bonds. The molecule has 0 fully saturated rings. The molecule has 0 spiro atoms. The topological polar surface area (TPSA) is 64.0 Å². The van der Waals surface area contributed by atoms with E-state index in [4.69, 9.17) is 21.1 Å². The maximum atomic E-state index is 12.7. The molecule has 1 aliphatic rings. The average Bonchev–Trinajstić information content (AvgIpc) is 3.23. The SMILES string of the molecule is CCC(=O)N1N=C(c2cccc(OC)c2)CC1c1cc2ccc(OC)cc2nc1Cl. The molecule has 1 aromatic heterocycles. The van der Waals surface area contributed by atoms with Crippen LogP contribution >= 0.6 is 11.6 Å². The molecular weight excluding hydrogens is 402 g/mol. The Morgan fingerprint density at radius 3 is 2.63 bits per heavy atom. The molecule has 1 aliphatic heterocycles. The van der Waals surface area contributed by atoms with Crippen LogP contribution in [0.15, 0.2) is 53.6 Å². The van der Waals surface area contributed by atoms with Gasteiger partial charge in [0.1, 0.15) is 16.7 Å². The Morgan fingerprint density at radius 1 is 1.13 bits per heavy atom. The summed E-state index contributed by atoms with van der Waals surface area (Å²) in [4.78, 5) is 17.2. The lowest BCUT2D eigenvalue weighted by molar-refractivity contribution is -0.132. The summed E-state index contributed by atoms with van der Waals surface area (Å²) in [6.45, 7) is 1.82. The van der Waals surface area contributed by atoms with Crippen LogP contribution in [-0.4, -0.2) is 35.8 Å². The number of ether oxygens (including phenoxy) is 2. The van der Waals surface area contributed by atoms with Gasteiger partial charge in [0.05, 0.1) is 31.5 Å². The van der Waals surface area contributed by atoms with Crippen LogP contribution in [0, 0.1) is 0 Å². The summed E-state index contributed by atoms with van der Waals surface area (Å²) in [7, 11) is 3.24. The first-order chi connectivity index (χ1) is 14.5. The van der Waals surface area contributed by atoms with Crippen molar-refractivity contribution in [2.75, 3.05) is 14.2 Å². The van der Waals surface area contributed by atoms with Gasteiger partial charge in [-0.2, -0.15) is 5.10 Å². The molecule has 2 heterocycles. The molecule has 0 N–H and O–H groups in total. The summed E-state index contributed by atoms with van der Waals surface area (Å²) in [5.41, 5.74) is 3.24. The minimum atomic E-state index is -0.315. The largest absolute Gasteiger partial charge is 0.497 e. The minimum Gasteiger partial charge on any atom is -0.497 e. The van der Waals surface area contributed by atoms with Gasteiger partial charge in [0.2, 0.25) is 5.91 Å². The van der Waals surface area contributed by atoms with Crippen LogP contribution in [0.3, 0.4) is 0 Å². The number of nitrogens with zero attached hydrogens (tertiary/aromatic N) is 3. The highest BCUT2D eigenvalue weighted by molar-refractivity contribution is 6.30. The van der Waals surface area contributed by atoms with E-state index < -0.39 is 0 Å². The summed E-state index contributed by atoms with van der Waals surface area (Å²) in [5.74, 6) is 1.39. The molecule has 0 saturated carbocycles. The van der Waals surface area contributed by atoms with Gasteiger partial charge < -0.3 is 9.47 Å². The van der Waals surface area contributed by atoms with Crippen LogP contribution in [-0.2, 0) is 4.79 Å². The Balaban J connectivity index is 1.75. The number of halogens is 1. The van der Waals surface area contributed by atoms with Crippen molar-refractivity contribution in [3.8, 4) is 11.5 Å². The van der Waals surface area contributed by atoms with Gasteiger partial charge in [0, 0.05) is 35.4 Å². The summed E-state index contributed by atoms with van der Waals surface area (Å²) in [5, 5.41) is 7.47. The fourth-order valence-electron chi connectivity index (χ4n) is 3.62. The minimum absolute atomic E-state index is 0.0659. The number of aromatic nitrogens is 1. The van der Waals surface area contributed by atoms with Gasteiger partial charge in [-0.3, -0.25) is 4.79 Å². The molecule has 2 aromatic carbocycles. The summed E-state index contributed by atoms with van der Waals surface area (Å²) in [6.07, 6.45) is 0.892. The number of rotatable bonds is 5. The standard InChI is InChI=1S/C23H22ClN3O3/c1-4-22(28)27-21(13-20(26-27)14-6-5-7-16(10-14)29-2)18-11-15-8-9-17(30-3)12-19(15)25-23(18)24/h5-12,21H,4,13H2,1-3H3. The van der Waals surface area contributed by atoms with Crippen molar-refractivity contribution in [2.24, 2.45) is 5.10 Å². The van der Waals surface area contributed by atoms with Crippen molar-refractivity contribution in [1.82, 2.24) is 9.99 Å². The lowest BCUT2D eigenvalue weighted by atomic mass is 9.98. The van der Waals surface area contributed by atoms with Crippen LogP contribution in [0.5, 0.6) is 11.5 Å². The molecule has 3 aromatic rings. The summed E-state index contributed by atoms with van der Waals surface area (Å²) >= 11 is 6.57. The molecule has 30 heavy (non-hydrogen) atoms. The summed E-state index contributed by atoms with van der Waals surface area (Å²) in [6, 6.07) is 15.0. The third-order valence-electron chi connectivity index (χ3n) is 5.24. The summed E-state index contributed by atoms with van der Waals surface area (Å²) < 4.78 is 10.6. The monoisotopic (exact) mass is 423 g/mol. The highest BCUT2D eigenvalue weighted by atomic mass is 35.5. The normalized spacial score (nSPS) is 15.9. The molecule has 1 unspecified atom stereocenters. The van der Waals surface area contributed by atoms with Crippen LogP contribution in [0.1, 0.15) is 36.9 Å². The number of carbonyl (C=O) groups excluding carboxylic acids is 1. The number of amides is 1. The highest BCUT2D eigenvalue weighted by Gasteiger charge is 2.34. The lowest BCUT2D eigenvalue weighted by Gasteiger charge is -2.22. The maximum absolute atomic E-state index is 12.7. The zero-order valence-electron chi connectivity index (χ0n) is 17.1. The predicted octanol–water partition coefficient (Wildman–Crippen LogP) is 4.99. The number of pyridine rings is 1. The van der Waals surface area contributed by atoms with Gasteiger partial charge >= 0.3 is 0 Å². The van der Waals surface area contributed by atoms with Gasteiger partial charge in [-0.25, -0.2) is 9.99 Å². The third kappa shape index (κ3) is 3.71. The second-order valence-corrected chi connectivity index (χ2v) is 7.38. The van der Waals surface area contributed by atoms with Crippen molar-refractivity contribution >= 4 is 34.1 Å². The third-order valence-corrected chi connectivity index (χ3v) is 5.54. The van der Waals surface area contributed by atoms with Gasteiger partial charge in [-0.1, -0.05) is 30.7 Å². The Hall–Kier alpha value is -3.12. The van der Waals surface area contributed by atoms with E-state index in [1.807, 2.05) is 55.5 Å². The first-order valence-corrected chi connectivity index (χ1v) is 10.1. The maximum Gasteiger partial charge on any atom is 0.242 e. The Kier molecular flexibility index (Phi) is 5.59. The smallest absolute Gasteiger partial charge is 0.242 e. The Bertz CT molecular complexity index is 1150. The molecule has 6 nitrogen and oxygen atoms in total. The molecule has 0 bridgehead atoms. The lowest BCUT2D eigenvalue weighted by Crippen LogP contribution is -2.26. The van der Waals surface area contributed by atoms with E-state index in [9.17, 15) is 4.79 Å². The van der Waals surface area contributed by atoms with Gasteiger partial charge in [-0.05, 0) is 30.3 Å². The number of hydrazone groups is 1. The Labute approximate surface area is 180 Å². The van der Waals surface area contributed by atoms with Crippen molar-refractivity contribution in [3.63, 3.8) is 0 Å². The number of fused-ring (bicyclic) bond motifs is 1. The number of benzene rings is 2. The van der Waals surface area contributed by atoms with E-state index in [0.717, 1.165) is 33.5 Å². The number of carbonyl (C=O) groups is 1. The van der Waals surface area contributed by atoms with Crippen LogP contribution in [0.4, 0.5) is 0 Å². The second kappa shape index (κ2) is 8.32. The van der Waals surface area contributed by atoms with Crippen LogP contribution in [0.2, 0.25) is 5.15 Å². The predicted molar refractivity (Wildman–Crippen MR) is 117 cm³/mol.